The van der Waals surface area contributed by atoms with Crippen LogP contribution in [0, 0.1) is 47.3 Å². The molecule has 0 aromatic heterocycles. The Kier molecular flexibility index (Phi) is 10.3. The zero-order valence-corrected chi connectivity index (χ0v) is 22.2. The summed E-state index contributed by atoms with van der Waals surface area (Å²) in [5.41, 5.74) is 0. The molecule has 0 spiro atoms. The Labute approximate surface area is 196 Å². The van der Waals surface area contributed by atoms with Crippen molar-refractivity contribution < 1.29 is 0 Å². The van der Waals surface area contributed by atoms with Gasteiger partial charge < -0.3 is 5.32 Å². The van der Waals surface area contributed by atoms with Gasteiger partial charge in [-0.3, -0.25) is 0 Å². The molecule has 1 heteroatoms. The van der Waals surface area contributed by atoms with Crippen molar-refractivity contribution >= 4 is 0 Å². The quantitative estimate of drug-likeness (QED) is 0.344. The topological polar surface area (TPSA) is 12.0 Å². The van der Waals surface area contributed by atoms with E-state index in [4.69, 9.17) is 0 Å². The fourth-order valence-electron chi connectivity index (χ4n) is 8.68. The lowest BCUT2D eigenvalue weighted by molar-refractivity contribution is 0.104. The smallest absolute Gasteiger partial charge is 0.0101 e. The van der Waals surface area contributed by atoms with Gasteiger partial charge in [-0.15, -0.1) is 0 Å². The van der Waals surface area contributed by atoms with Crippen molar-refractivity contribution in [3.8, 4) is 0 Å². The molecule has 0 radical (unpaired) electrons. The van der Waals surface area contributed by atoms with Crippen molar-refractivity contribution in [3.63, 3.8) is 0 Å². The number of hydrogen-bond acceptors (Lipinski definition) is 1. The normalized spacial score (nSPS) is 39.1. The Bertz CT molecular complexity index is 493. The maximum Gasteiger partial charge on any atom is 0.0101 e. The van der Waals surface area contributed by atoms with Gasteiger partial charge in [-0.05, 0) is 99.2 Å². The molecule has 3 rings (SSSR count). The van der Waals surface area contributed by atoms with Crippen molar-refractivity contribution in [1.82, 2.24) is 5.32 Å². The van der Waals surface area contributed by atoms with E-state index in [1.165, 1.54) is 70.6 Å². The predicted molar refractivity (Wildman–Crippen MR) is 137 cm³/mol. The summed E-state index contributed by atoms with van der Waals surface area (Å²) in [7, 11) is 0. The van der Waals surface area contributed by atoms with Gasteiger partial charge in [-0.2, -0.15) is 0 Å². The Hall–Kier alpha value is -0.0400. The summed E-state index contributed by atoms with van der Waals surface area (Å²) in [6.45, 7) is 14.8. The van der Waals surface area contributed by atoms with Crippen LogP contribution < -0.4 is 5.32 Å². The summed E-state index contributed by atoms with van der Waals surface area (Å²) in [5, 5.41) is 3.98. The number of unbranched alkanes of at least 4 members (excludes halogenated alkanes) is 1. The molecule has 8 unspecified atom stereocenters. The average molecular weight is 432 g/mol. The lowest BCUT2D eigenvalue weighted by Gasteiger charge is -2.41. The molecule has 2 saturated carbocycles. The second-order valence-electron chi connectivity index (χ2n) is 12.4. The summed E-state index contributed by atoms with van der Waals surface area (Å²) in [4.78, 5) is 0. The summed E-state index contributed by atoms with van der Waals surface area (Å²) in [6.07, 6.45) is 20.6. The molecule has 3 aliphatic rings. The van der Waals surface area contributed by atoms with Crippen LogP contribution >= 0.6 is 0 Å². The second kappa shape index (κ2) is 12.4. The first-order valence-corrected chi connectivity index (χ1v) is 14.7. The summed E-state index contributed by atoms with van der Waals surface area (Å²) in [6, 6.07) is 1.61. The van der Waals surface area contributed by atoms with Crippen LogP contribution in [0.4, 0.5) is 0 Å². The highest BCUT2D eigenvalue weighted by molar-refractivity contribution is 5.00. The van der Waals surface area contributed by atoms with Gasteiger partial charge in [0.2, 0.25) is 0 Å². The van der Waals surface area contributed by atoms with Crippen LogP contribution in [0.2, 0.25) is 0 Å². The van der Waals surface area contributed by atoms with Gasteiger partial charge in [0.05, 0.1) is 0 Å². The van der Waals surface area contributed by atoms with E-state index in [1.807, 2.05) is 0 Å². The van der Waals surface area contributed by atoms with E-state index >= 15 is 0 Å². The van der Waals surface area contributed by atoms with E-state index in [0.29, 0.717) is 0 Å². The van der Waals surface area contributed by atoms with Crippen molar-refractivity contribution in [2.75, 3.05) is 0 Å². The minimum atomic E-state index is 0.761. The van der Waals surface area contributed by atoms with Crippen LogP contribution in [0.25, 0.3) is 0 Å². The third kappa shape index (κ3) is 6.51. The highest BCUT2D eigenvalue weighted by Gasteiger charge is 2.45. The van der Waals surface area contributed by atoms with Gasteiger partial charge in [-0.25, -0.2) is 0 Å². The Morgan fingerprint density at radius 1 is 0.839 bits per heavy atom. The molecule has 1 heterocycles. The zero-order valence-electron chi connectivity index (χ0n) is 22.2. The summed E-state index contributed by atoms with van der Waals surface area (Å²) >= 11 is 0. The van der Waals surface area contributed by atoms with Crippen molar-refractivity contribution in [3.05, 3.63) is 0 Å². The van der Waals surface area contributed by atoms with Crippen LogP contribution in [0.3, 0.4) is 0 Å². The average Bonchev–Trinajstić information content (AvgIpc) is 3.08. The van der Waals surface area contributed by atoms with Crippen LogP contribution in [0.5, 0.6) is 0 Å². The zero-order chi connectivity index (χ0) is 22.4. The number of hydrogen-bond donors (Lipinski definition) is 1. The first-order chi connectivity index (χ1) is 15.0. The molecule has 8 atom stereocenters. The maximum absolute atomic E-state index is 3.98. The molecule has 1 N–H and O–H groups in total. The molecular formula is C30H57N. The van der Waals surface area contributed by atoms with Crippen molar-refractivity contribution in [2.24, 2.45) is 47.3 Å². The Morgan fingerprint density at radius 3 is 2.19 bits per heavy atom. The molecule has 31 heavy (non-hydrogen) atoms. The van der Waals surface area contributed by atoms with E-state index in [-0.39, 0.29) is 0 Å². The minimum Gasteiger partial charge on any atom is -0.311 e. The molecule has 0 aromatic carbocycles. The third-order valence-corrected chi connectivity index (χ3v) is 10.4. The molecule has 0 aromatic rings. The molecule has 3 fully saturated rings. The SMILES string of the molecule is CCCCC(C)C(CC)C(C)CC1CCC(C2CCC3NC(C)C(CCC)C3C2)CC1. The van der Waals surface area contributed by atoms with Crippen LogP contribution in [0.1, 0.15) is 131 Å². The summed E-state index contributed by atoms with van der Waals surface area (Å²) in [5.74, 6) is 7.86. The van der Waals surface area contributed by atoms with Gasteiger partial charge in [0.25, 0.3) is 0 Å². The first kappa shape index (κ1) is 25.6. The molecule has 1 nitrogen and oxygen atoms in total. The largest absolute Gasteiger partial charge is 0.311 e. The lowest BCUT2D eigenvalue weighted by Crippen LogP contribution is -2.37. The molecule has 0 bridgehead atoms. The van der Waals surface area contributed by atoms with Gasteiger partial charge >= 0.3 is 0 Å². The number of rotatable bonds is 11. The number of fused-ring (bicyclic) bond motifs is 1. The standard InChI is InChI=1S/C30H57N/c1-7-10-12-21(4)27(9-3)22(5)19-24-13-15-25(16-14-24)26-17-18-30-29(20-26)28(11-8-2)23(6)31-30/h21-31H,7-20H2,1-6H3. The van der Waals surface area contributed by atoms with Crippen LogP contribution in [-0.4, -0.2) is 12.1 Å². The second-order valence-corrected chi connectivity index (χ2v) is 12.4. The molecule has 0 amide bonds. The highest BCUT2D eigenvalue weighted by atomic mass is 15.0. The van der Waals surface area contributed by atoms with Crippen molar-refractivity contribution in [1.29, 1.82) is 0 Å². The Morgan fingerprint density at radius 2 is 1.55 bits per heavy atom. The Balaban J connectivity index is 1.45. The minimum absolute atomic E-state index is 0.761. The lowest BCUT2D eigenvalue weighted by atomic mass is 9.64. The van der Waals surface area contributed by atoms with Crippen molar-refractivity contribution in [2.45, 2.75) is 144 Å². The molecule has 1 saturated heterocycles. The predicted octanol–water partition coefficient (Wildman–Crippen LogP) is 8.86. The van der Waals surface area contributed by atoms with Gasteiger partial charge in [0, 0.05) is 12.1 Å². The van der Waals surface area contributed by atoms with E-state index in [0.717, 1.165) is 59.4 Å². The fraction of sp³-hybridized carbons (Fsp3) is 1.00. The molecular weight excluding hydrogens is 374 g/mol. The molecule has 182 valence electrons. The van der Waals surface area contributed by atoms with Gasteiger partial charge in [0.15, 0.2) is 0 Å². The summed E-state index contributed by atoms with van der Waals surface area (Å²) < 4.78 is 0. The monoisotopic (exact) mass is 431 g/mol. The third-order valence-electron chi connectivity index (χ3n) is 10.4. The van der Waals surface area contributed by atoms with E-state index in [1.54, 1.807) is 19.3 Å². The molecule has 1 aliphatic heterocycles. The van der Waals surface area contributed by atoms with Crippen LogP contribution in [-0.2, 0) is 0 Å². The van der Waals surface area contributed by atoms with Crippen LogP contribution in [0.15, 0.2) is 0 Å². The van der Waals surface area contributed by atoms with E-state index in [9.17, 15) is 0 Å². The number of nitrogens with one attached hydrogen (secondary N) is 1. The van der Waals surface area contributed by atoms with E-state index < -0.39 is 0 Å². The van der Waals surface area contributed by atoms with E-state index in [2.05, 4.69) is 46.9 Å². The van der Waals surface area contributed by atoms with Gasteiger partial charge in [-0.1, -0.05) is 79.6 Å². The highest BCUT2D eigenvalue weighted by Crippen LogP contribution is 2.48. The molecule has 2 aliphatic carbocycles. The fourth-order valence-corrected chi connectivity index (χ4v) is 8.68. The van der Waals surface area contributed by atoms with Gasteiger partial charge in [0.1, 0.15) is 0 Å². The first-order valence-electron chi connectivity index (χ1n) is 14.7. The maximum atomic E-state index is 3.98.